The third-order valence-electron chi connectivity index (χ3n) is 24.2. The molecule has 28 aromatic carbocycles. The van der Waals surface area contributed by atoms with Crippen molar-refractivity contribution < 1.29 is 131 Å². The second-order valence-corrected chi connectivity index (χ2v) is 31.8. The molecule has 0 spiro atoms. The molecule has 3 heterocycles. The van der Waals surface area contributed by atoms with Crippen molar-refractivity contribution in [2.24, 2.45) is 0 Å². The number of furan rings is 3. The zero-order valence-corrected chi connectivity index (χ0v) is 72.2. The smallest absolute Gasteiger partial charge is 0.136 e. The van der Waals surface area contributed by atoms with Gasteiger partial charge in [-0.1, -0.05) is 459 Å². The van der Waals surface area contributed by atoms with Crippen LogP contribution in [0.5, 0.6) is 0 Å². The topological polar surface area (TPSA) is 39.4 Å². The summed E-state index contributed by atoms with van der Waals surface area (Å²) in [6, 6.07) is -81.0. The lowest BCUT2D eigenvalue weighted by molar-refractivity contribution is 0.669. The van der Waals surface area contributed by atoms with Gasteiger partial charge in [0.1, 0.15) is 33.5 Å². The van der Waals surface area contributed by atoms with Crippen molar-refractivity contribution in [2.45, 2.75) is 0 Å². The van der Waals surface area contributed by atoms with E-state index in [1.54, 1.807) is 0 Å². The van der Waals surface area contributed by atoms with Crippen LogP contribution < -0.4 is 0 Å². The monoisotopic (exact) mass is 1930 g/mol. The molecule has 0 saturated carbocycles. The SMILES string of the molecule is [2H]c1c([2H])c(-c2c3c([2H])c([2H])c([2H])c([2H])c3c(-c3c([2H])c([2H])c(-c4c([2H])c([2H])c([2H])c5c([2H])c([2H])c([2H])c([2H])c45)c4c([2H])c([2H])c([2H])c([2H])c34)c3c([2H])c([2H])c([2H])c([2H])c23)c2c(oc3c([2H])c4c([2H])c([2H])c([2H])c([2H])c4c([2H])c32)c1[2H].[2H]c1c([2H])c(-c2c3c([2H])c([2H])c([2H])c([2H])c3c(-c3c([2H])c([2H])c(-c4c([2H])c([2H])c5c([2H])c([2H])c([2H])c([2H])c5c4[2H])c4c([2H])c([2H])c([2H])c([2H])c34)c3c([2H])c([2H])c([2H])c([2H])c23)c2c(oc3c([2H])c4c([2H])c([2H])c([2H])c([2H])c4c([2H])c32)c1[2H].[2H]c1c([2H])c([2H])c(-c2c([2H])c([2H])c(-c3c4c([2H])c([2H])c([2H])c([2H])c4c(-c4c([2H])c([2H])c([2H])c5oc6c([2H])c7c([2H])c([2H])c([2H])c([2H])c7c([2H])c6c45)c4c([2H])c([2H])c([2H])c([2H])c34)c([2H])c2[2H])c([2H])c1[2H]. The average molecular weight is 1930 g/mol. The number of hydrogen-bond donors (Lipinski definition) is 0. The highest BCUT2D eigenvalue weighted by Gasteiger charge is 2.28. The highest BCUT2D eigenvalue weighted by atomic mass is 16.3. The van der Waals surface area contributed by atoms with Gasteiger partial charge >= 0.3 is 0 Å². The molecular formula is C142H86O3. The van der Waals surface area contributed by atoms with Crippen LogP contribution in [0, 0.1) is 0 Å². The zero-order chi connectivity index (χ0) is 170. The lowest BCUT2D eigenvalue weighted by Gasteiger charge is -2.20. The Bertz CT molecular complexity index is 16200. The summed E-state index contributed by atoms with van der Waals surface area (Å²) in [4.78, 5) is 0. The van der Waals surface area contributed by atoms with Crippen LogP contribution in [-0.2, 0) is 0 Å². The Kier molecular flexibility index (Phi) is 7.98. The minimum Gasteiger partial charge on any atom is -0.456 e. The molecule has 0 aliphatic carbocycles. The van der Waals surface area contributed by atoms with E-state index in [1.165, 1.54) is 0 Å². The Hall–Kier alpha value is -19.1. The molecule has 672 valence electrons. The molecule has 0 unspecified atom stereocenters. The van der Waals surface area contributed by atoms with Gasteiger partial charge < -0.3 is 13.3 Å². The number of benzene rings is 28. The Morgan fingerprint density at radius 1 is 0.110 bits per heavy atom. The summed E-state index contributed by atoms with van der Waals surface area (Å²) in [5.74, 6) is 0. The molecule has 0 aliphatic rings. The molecule has 0 N–H and O–H groups in total. The van der Waals surface area contributed by atoms with Gasteiger partial charge in [0.25, 0.3) is 0 Å². The minimum absolute atomic E-state index is 0.469. The molecule has 0 radical (unpaired) electrons. The van der Waals surface area contributed by atoms with Gasteiger partial charge in [-0.3, -0.25) is 0 Å². The van der Waals surface area contributed by atoms with Crippen molar-refractivity contribution in [3.05, 3.63) is 520 Å². The molecule has 0 atom stereocenters. The average Bonchev–Trinajstić information content (AvgIpc) is 1.13. The van der Waals surface area contributed by atoms with Gasteiger partial charge in [0.15, 0.2) is 0 Å². The van der Waals surface area contributed by atoms with E-state index in [9.17, 15) is 48.0 Å². The first-order chi connectivity index (χ1) is 108. The summed E-state index contributed by atoms with van der Waals surface area (Å²) in [5, 5.41) is -21.3. The van der Waals surface area contributed by atoms with Crippen LogP contribution in [0.4, 0.5) is 0 Å². The largest absolute Gasteiger partial charge is 0.456 e. The predicted molar refractivity (Wildman–Crippen MR) is 618 cm³/mol. The third-order valence-corrected chi connectivity index (χ3v) is 24.2. The summed E-state index contributed by atoms with van der Waals surface area (Å²) < 4.78 is 797. The summed E-state index contributed by atoms with van der Waals surface area (Å²) >= 11 is 0. The van der Waals surface area contributed by atoms with Crippen LogP contribution >= 0.6 is 0 Å². The summed E-state index contributed by atoms with van der Waals surface area (Å²) in [6.07, 6.45) is 0. The molecule has 3 heteroatoms. The van der Waals surface area contributed by atoms with Crippen molar-refractivity contribution in [2.75, 3.05) is 0 Å². The van der Waals surface area contributed by atoms with E-state index in [4.69, 9.17) is 83.2 Å². The highest BCUT2D eigenvalue weighted by molar-refractivity contribution is 6.32. The lowest BCUT2D eigenvalue weighted by atomic mass is 9.83. The first kappa shape index (κ1) is 34.1. The second kappa shape index (κ2) is 33.9. The van der Waals surface area contributed by atoms with Gasteiger partial charge in [0, 0.05) is 32.3 Å². The van der Waals surface area contributed by atoms with Crippen molar-refractivity contribution in [1.29, 1.82) is 0 Å². The van der Waals surface area contributed by atoms with Crippen molar-refractivity contribution in [3.8, 4) is 100 Å². The first-order valence-electron chi connectivity index (χ1n) is 86.0. The highest BCUT2D eigenvalue weighted by Crippen LogP contribution is 2.55. The Balaban J connectivity index is 0.000000146. The van der Waals surface area contributed by atoms with Crippen LogP contribution in [0.2, 0.25) is 0 Å². The number of rotatable bonds is 9. The maximum absolute atomic E-state index is 9.98. The van der Waals surface area contributed by atoms with E-state index in [0.29, 0.717) is 0 Å². The quantitative estimate of drug-likeness (QED) is 0.135. The van der Waals surface area contributed by atoms with Crippen molar-refractivity contribution in [1.82, 2.24) is 0 Å². The van der Waals surface area contributed by atoms with Crippen molar-refractivity contribution >= 4 is 206 Å². The normalized spacial score (nSPS) is 20.2. The maximum Gasteiger partial charge on any atom is 0.136 e. The van der Waals surface area contributed by atoms with Gasteiger partial charge in [-0.05, 0) is 301 Å². The fourth-order valence-corrected chi connectivity index (χ4v) is 18.2. The standard InChI is InChI=1S/2C50H30O.C42H26O/c1-2-15-33-30-47-45(29-32(33)14-1)50-44(25-12-26-46(50)51-47)49-41-22-9-7-20-39(41)48(40-21-8-10-23-42(40)49)43-28-27-38(36-18-5-6-19-37(36)43)35-24-11-16-31-13-3-4-17-34(31)35;1-2-13-32-28-35(25-24-31(32)12-1)36-26-27-43(38-17-6-5-16-37(36)38)48-39-18-7-9-20-41(39)49(42-21-10-8-19-40(42)48)44-22-11-23-46-50(44)45-29-33-14-3-4-15-34(33)30-47(45)51-46;1-2-11-27(12-3-1)28-21-23-29(24-22-28)40-32-15-6-8-17-34(32)41(35-18-9-7-16-33(35)40)36-19-10-20-38-42(36)37-25-30-13-4-5-14-31(30)26-39(37)43-38/h2*1-30H;1-26H/i2*1D,2D,3D,4D,5D,6D,7D,8D,9D,10D,11D,12D,13D,14D,15D,16D,17D,18D,19D,20D,21D,22D,23D,24D,25D,26D,27D,28D,29D,30D;1D,2D,3D,4D,5D,6D,7D,8D,9D,10D,11D,12D,13D,14D,15D,16D,17D,18D,19D,20D,21D,22D,23D,24D,25D,26D. The number of fused-ring (bicyclic) bond motifs is 22. The Morgan fingerprint density at radius 2 is 0.345 bits per heavy atom. The van der Waals surface area contributed by atoms with Gasteiger partial charge in [0.2, 0.25) is 0 Å². The predicted octanol–water partition coefficient (Wildman–Crippen LogP) is 40.8. The third kappa shape index (κ3) is 13.6. The molecule has 31 rings (SSSR count). The van der Waals surface area contributed by atoms with E-state index in [2.05, 4.69) is 0 Å². The first-order valence-corrected chi connectivity index (χ1v) is 43.0. The summed E-state index contributed by atoms with van der Waals surface area (Å²) in [6.45, 7) is 0. The van der Waals surface area contributed by atoms with E-state index in [-0.39, 0.29) is 0 Å². The summed E-state index contributed by atoms with van der Waals surface area (Å²) in [7, 11) is 0. The van der Waals surface area contributed by atoms with E-state index in [1.807, 2.05) is 0 Å². The maximum atomic E-state index is 9.98. The van der Waals surface area contributed by atoms with Crippen LogP contribution in [0.3, 0.4) is 0 Å². The lowest BCUT2D eigenvalue weighted by Crippen LogP contribution is -1.93. The van der Waals surface area contributed by atoms with Crippen LogP contribution in [0.1, 0.15) is 118 Å². The minimum atomic E-state index is -1.15. The second-order valence-electron chi connectivity index (χ2n) is 31.8. The molecule has 0 saturated heterocycles. The Morgan fingerprint density at radius 3 is 0.724 bits per heavy atom. The van der Waals surface area contributed by atoms with Gasteiger partial charge in [-0.15, -0.1) is 0 Å². The molecule has 3 aromatic heterocycles. The molecule has 3 nitrogen and oxygen atoms in total. The molecule has 31 aromatic rings. The van der Waals surface area contributed by atoms with Crippen LogP contribution in [0.25, 0.3) is 306 Å². The van der Waals surface area contributed by atoms with Crippen molar-refractivity contribution in [3.63, 3.8) is 0 Å². The molecule has 0 bridgehead atoms. The fraction of sp³-hybridized carbons (Fsp3) is 0. The van der Waals surface area contributed by atoms with Gasteiger partial charge in [-0.2, -0.15) is 0 Å². The van der Waals surface area contributed by atoms with Crippen LogP contribution in [-0.4, -0.2) is 0 Å². The number of hydrogen-bond acceptors (Lipinski definition) is 3. The Labute approximate surface area is 955 Å². The van der Waals surface area contributed by atoms with Crippen LogP contribution in [0.15, 0.2) is 533 Å². The fourth-order valence-electron chi connectivity index (χ4n) is 18.2. The van der Waals surface area contributed by atoms with E-state index >= 15 is 0 Å². The molecule has 0 amide bonds. The zero-order valence-electron chi connectivity index (χ0n) is 158. The summed E-state index contributed by atoms with van der Waals surface area (Å²) in [5.41, 5.74) is -17.7. The molecule has 0 aliphatic heterocycles. The van der Waals surface area contributed by atoms with Gasteiger partial charge in [-0.25, -0.2) is 0 Å². The molecule has 0 fully saturated rings. The van der Waals surface area contributed by atoms with E-state index in [0.717, 1.165) is 0 Å². The van der Waals surface area contributed by atoms with E-state index < -0.39 is 826 Å². The molecular weight excluding hydrogens is 1750 g/mol. The van der Waals surface area contributed by atoms with Gasteiger partial charge in [0.05, 0.1) is 118 Å². The molecule has 145 heavy (non-hydrogen) atoms.